The molecule has 0 aliphatic rings. The Labute approximate surface area is 139 Å². The van der Waals surface area contributed by atoms with Crippen LogP contribution in [0.1, 0.15) is 15.9 Å². The molecule has 0 bridgehead atoms. The van der Waals surface area contributed by atoms with Gasteiger partial charge in [-0.25, -0.2) is 4.39 Å². The molecule has 0 radical (unpaired) electrons. The number of nitro benzene ring substituents is 1. The van der Waals surface area contributed by atoms with Gasteiger partial charge in [-0.3, -0.25) is 14.9 Å². The second-order valence-electron chi connectivity index (χ2n) is 4.42. The summed E-state index contributed by atoms with van der Waals surface area (Å²) in [6, 6.07) is 5.84. The van der Waals surface area contributed by atoms with Crippen LogP contribution in [0.15, 0.2) is 36.4 Å². The van der Waals surface area contributed by atoms with Crippen LogP contribution in [0.3, 0.4) is 0 Å². The van der Waals surface area contributed by atoms with Gasteiger partial charge in [0.2, 0.25) is 0 Å². The highest BCUT2D eigenvalue weighted by atomic mass is 35.5. The van der Waals surface area contributed by atoms with E-state index in [1.807, 2.05) is 0 Å². The molecule has 0 spiro atoms. The number of nitro groups is 1. The number of hydrogen-bond donors (Lipinski definition) is 1. The number of allylic oxidation sites excluding steroid dienone is 1. The molecule has 0 saturated carbocycles. The Morgan fingerprint density at radius 2 is 1.96 bits per heavy atom. The first-order chi connectivity index (χ1) is 10.8. The van der Waals surface area contributed by atoms with Gasteiger partial charge >= 0.3 is 5.69 Å². The fourth-order valence-corrected chi connectivity index (χ4v) is 2.36. The summed E-state index contributed by atoms with van der Waals surface area (Å²) < 4.78 is 13.4. The van der Waals surface area contributed by atoms with Gasteiger partial charge in [-0.1, -0.05) is 35.3 Å². The standard InChI is InChI=1S/C15H8Cl2FNO4/c16-9-3-4-10(18)15(17)14(9)13(21)6-2-8-1-5-12(20)11(7-8)19(22)23/h1-7,20H/b6-2+. The Morgan fingerprint density at radius 3 is 2.61 bits per heavy atom. The first kappa shape index (κ1) is 16.9. The number of phenolic OH excluding ortho intramolecular Hbond substituents is 1. The molecule has 0 heterocycles. The number of nitrogens with zero attached hydrogens (tertiary/aromatic N) is 1. The van der Waals surface area contributed by atoms with E-state index in [4.69, 9.17) is 23.2 Å². The molecular formula is C15H8Cl2FNO4. The van der Waals surface area contributed by atoms with Crippen LogP contribution >= 0.6 is 23.2 Å². The van der Waals surface area contributed by atoms with Gasteiger partial charge in [0.15, 0.2) is 11.5 Å². The molecule has 5 nitrogen and oxygen atoms in total. The second-order valence-corrected chi connectivity index (χ2v) is 5.21. The van der Waals surface area contributed by atoms with Crippen LogP contribution < -0.4 is 0 Å². The molecule has 2 aromatic carbocycles. The minimum Gasteiger partial charge on any atom is -0.502 e. The number of benzene rings is 2. The second kappa shape index (κ2) is 6.76. The maximum atomic E-state index is 13.4. The quantitative estimate of drug-likeness (QED) is 0.284. The zero-order valence-corrected chi connectivity index (χ0v) is 12.8. The molecule has 0 aliphatic heterocycles. The molecule has 0 aromatic heterocycles. The van der Waals surface area contributed by atoms with Crippen molar-refractivity contribution in [2.45, 2.75) is 0 Å². The summed E-state index contributed by atoms with van der Waals surface area (Å²) >= 11 is 11.6. The Hall–Kier alpha value is -2.44. The van der Waals surface area contributed by atoms with E-state index in [-0.39, 0.29) is 10.6 Å². The van der Waals surface area contributed by atoms with Crippen LogP contribution in [-0.2, 0) is 0 Å². The summed E-state index contributed by atoms with van der Waals surface area (Å²) in [4.78, 5) is 22.1. The van der Waals surface area contributed by atoms with Crippen LogP contribution in [0.25, 0.3) is 6.08 Å². The normalized spacial score (nSPS) is 10.9. The van der Waals surface area contributed by atoms with E-state index in [0.29, 0.717) is 5.56 Å². The average molecular weight is 356 g/mol. The summed E-state index contributed by atoms with van der Waals surface area (Å²) in [6.45, 7) is 0. The largest absolute Gasteiger partial charge is 0.502 e. The molecule has 2 rings (SSSR count). The van der Waals surface area contributed by atoms with Gasteiger partial charge in [0.05, 0.1) is 20.5 Å². The number of phenols is 1. The van der Waals surface area contributed by atoms with Crippen LogP contribution in [0.2, 0.25) is 10.0 Å². The van der Waals surface area contributed by atoms with E-state index < -0.39 is 33.0 Å². The van der Waals surface area contributed by atoms with Crippen molar-refractivity contribution in [3.63, 3.8) is 0 Å². The summed E-state index contributed by atoms with van der Waals surface area (Å²) in [6.07, 6.45) is 2.33. The Morgan fingerprint density at radius 1 is 1.26 bits per heavy atom. The first-order valence-electron chi connectivity index (χ1n) is 6.14. The lowest BCUT2D eigenvalue weighted by molar-refractivity contribution is -0.385. The fraction of sp³-hybridized carbons (Fsp3) is 0. The maximum absolute atomic E-state index is 13.4. The lowest BCUT2D eigenvalue weighted by Crippen LogP contribution is -1.99. The number of aromatic hydroxyl groups is 1. The van der Waals surface area contributed by atoms with Gasteiger partial charge in [0.1, 0.15) is 5.82 Å². The third kappa shape index (κ3) is 3.67. The van der Waals surface area contributed by atoms with E-state index >= 15 is 0 Å². The lowest BCUT2D eigenvalue weighted by Gasteiger charge is -2.04. The predicted molar refractivity (Wildman–Crippen MR) is 84.5 cm³/mol. The highest BCUT2D eigenvalue weighted by Crippen LogP contribution is 2.29. The third-order valence-electron chi connectivity index (χ3n) is 2.91. The van der Waals surface area contributed by atoms with Gasteiger partial charge in [-0.05, 0) is 29.8 Å². The summed E-state index contributed by atoms with van der Waals surface area (Å²) in [5.41, 5.74) is -0.397. The van der Waals surface area contributed by atoms with Gasteiger partial charge in [-0.2, -0.15) is 0 Å². The Bertz CT molecular complexity index is 836. The summed E-state index contributed by atoms with van der Waals surface area (Å²) in [7, 11) is 0. The number of halogens is 3. The zero-order chi connectivity index (χ0) is 17.1. The van der Waals surface area contributed by atoms with Crippen LogP contribution in [-0.4, -0.2) is 15.8 Å². The minimum atomic E-state index is -0.784. The molecule has 0 fully saturated rings. The van der Waals surface area contributed by atoms with Gasteiger partial charge < -0.3 is 5.11 Å². The lowest BCUT2D eigenvalue weighted by atomic mass is 10.1. The van der Waals surface area contributed by atoms with Gasteiger partial charge in [-0.15, -0.1) is 0 Å². The smallest absolute Gasteiger partial charge is 0.311 e. The van der Waals surface area contributed by atoms with E-state index in [9.17, 15) is 24.4 Å². The molecular weight excluding hydrogens is 348 g/mol. The van der Waals surface area contributed by atoms with Crippen molar-refractivity contribution >= 4 is 40.7 Å². The van der Waals surface area contributed by atoms with Crippen molar-refractivity contribution < 1.29 is 19.2 Å². The van der Waals surface area contributed by atoms with Gasteiger partial charge in [0.25, 0.3) is 0 Å². The highest BCUT2D eigenvalue weighted by molar-refractivity contribution is 6.40. The van der Waals surface area contributed by atoms with Crippen LogP contribution in [0.5, 0.6) is 5.75 Å². The van der Waals surface area contributed by atoms with Crippen LogP contribution in [0, 0.1) is 15.9 Å². The molecule has 118 valence electrons. The van der Waals surface area contributed by atoms with Crippen molar-refractivity contribution in [1.82, 2.24) is 0 Å². The number of carbonyl (C=O) groups is 1. The topological polar surface area (TPSA) is 80.4 Å². The molecule has 23 heavy (non-hydrogen) atoms. The molecule has 0 saturated heterocycles. The fourth-order valence-electron chi connectivity index (χ4n) is 1.80. The Kier molecular flexibility index (Phi) is 4.98. The van der Waals surface area contributed by atoms with Crippen molar-refractivity contribution in [2.75, 3.05) is 0 Å². The van der Waals surface area contributed by atoms with Crippen molar-refractivity contribution in [3.05, 3.63) is 73.5 Å². The maximum Gasteiger partial charge on any atom is 0.311 e. The van der Waals surface area contributed by atoms with E-state index in [2.05, 4.69) is 0 Å². The number of ketones is 1. The summed E-state index contributed by atoms with van der Waals surface area (Å²) in [5, 5.41) is 19.7. The predicted octanol–water partition coefficient (Wildman–Crippen LogP) is 4.64. The van der Waals surface area contributed by atoms with Crippen molar-refractivity contribution in [3.8, 4) is 5.75 Å². The molecule has 0 atom stereocenters. The Balaban J connectivity index is 2.34. The average Bonchev–Trinajstić information content (AvgIpc) is 2.50. The number of hydrogen-bond acceptors (Lipinski definition) is 4. The molecule has 0 amide bonds. The van der Waals surface area contributed by atoms with E-state index in [1.165, 1.54) is 18.2 Å². The third-order valence-corrected chi connectivity index (χ3v) is 3.60. The zero-order valence-electron chi connectivity index (χ0n) is 11.3. The monoisotopic (exact) mass is 355 g/mol. The number of carbonyl (C=O) groups excluding carboxylic acids is 1. The van der Waals surface area contributed by atoms with Gasteiger partial charge in [0, 0.05) is 6.07 Å². The first-order valence-corrected chi connectivity index (χ1v) is 6.90. The molecule has 0 unspecified atom stereocenters. The molecule has 0 aliphatic carbocycles. The van der Waals surface area contributed by atoms with E-state index in [1.54, 1.807) is 0 Å². The van der Waals surface area contributed by atoms with Crippen LogP contribution in [0.4, 0.5) is 10.1 Å². The molecule has 2 aromatic rings. The van der Waals surface area contributed by atoms with Crippen molar-refractivity contribution in [2.24, 2.45) is 0 Å². The minimum absolute atomic E-state index is 0.0114. The molecule has 8 heteroatoms. The van der Waals surface area contributed by atoms with E-state index in [0.717, 1.165) is 24.3 Å². The summed E-state index contributed by atoms with van der Waals surface area (Å²) in [5.74, 6) is -1.93. The number of rotatable bonds is 4. The highest BCUT2D eigenvalue weighted by Gasteiger charge is 2.16. The van der Waals surface area contributed by atoms with Crippen molar-refractivity contribution in [1.29, 1.82) is 0 Å². The SMILES string of the molecule is O=C(/C=C/c1ccc(O)c([N+](=O)[O-])c1)c1c(Cl)ccc(F)c1Cl. The molecule has 1 N–H and O–H groups in total.